The van der Waals surface area contributed by atoms with Crippen molar-refractivity contribution in [1.82, 2.24) is 4.98 Å². The number of carbonyl (C=O) groups is 1. The number of hydrogen-bond donors (Lipinski definition) is 0. The van der Waals surface area contributed by atoms with Crippen molar-refractivity contribution in [2.75, 3.05) is 0 Å². The number of ketones is 1. The summed E-state index contributed by atoms with van der Waals surface area (Å²) in [4.78, 5) is 27.1. The molecule has 2 aromatic heterocycles. The van der Waals surface area contributed by atoms with Gasteiger partial charge in [-0.15, -0.1) is 0 Å². The average molecular weight is 265 g/mol. The fraction of sp³-hybridized carbons (Fsp3) is 0.0625. The molecular weight excluding hydrogens is 254 g/mol. The molecule has 0 radical (unpaired) electrons. The van der Waals surface area contributed by atoms with Crippen molar-refractivity contribution in [3.63, 3.8) is 0 Å². The fourth-order valence-electron chi connectivity index (χ4n) is 2.08. The number of aromatic nitrogens is 1. The Hall–Kier alpha value is -2.75. The summed E-state index contributed by atoms with van der Waals surface area (Å²) in [5.41, 5.74) is 1.85. The summed E-state index contributed by atoms with van der Waals surface area (Å²) in [5.74, 6) is -0.299. The third-order valence-corrected chi connectivity index (χ3v) is 3.11. The number of hydrogen-bond acceptors (Lipinski definition) is 4. The third kappa shape index (κ3) is 2.12. The van der Waals surface area contributed by atoms with Gasteiger partial charge in [0.05, 0.1) is 0 Å². The van der Waals surface area contributed by atoms with Crippen LogP contribution in [-0.4, -0.2) is 10.8 Å². The smallest absolute Gasteiger partial charge is 0.347 e. The third-order valence-electron chi connectivity index (χ3n) is 3.11. The molecule has 0 spiro atoms. The maximum absolute atomic E-state index is 11.6. The molecule has 0 saturated heterocycles. The predicted octanol–water partition coefficient (Wildman–Crippen LogP) is 3.06. The highest BCUT2D eigenvalue weighted by molar-refractivity contribution is 5.97. The molecule has 0 bridgehead atoms. The number of rotatable bonds is 2. The van der Waals surface area contributed by atoms with Gasteiger partial charge in [0.25, 0.3) is 0 Å². The number of fused-ring (bicyclic) bond motifs is 1. The van der Waals surface area contributed by atoms with Crippen LogP contribution in [0.5, 0.6) is 0 Å². The van der Waals surface area contributed by atoms with E-state index in [-0.39, 0.29) is 11.3 Å². The van der Waals surface area contributed by atoms with E-state index in [1.807, 2.05) is 24.3 Å². The van der Waals surface area contributed by atoms with E-state index >= 15 is 0 Å². The molecule has 4 heteroatoms. The van der Waals surface area contributed by atoms with E-state index in [9.17, 15) is 9.59 Å². The molecule has 0 fully saturated rings. The van der Waals surface area contributed by atoms with Crippen molar-refractivity contribution < 1.29 is 9.21 Å². The second kappa shape index (κ2) is 4.74. The van der Waals surface area contributed by atoms with Crippen molar-refractivity contribution in [3.8, 4) is 11.1 Å². The predicted molar refractivity (Wildman–Crippen MR) is 75.7 cm³/mol. The summed E-state index contributed by atoms with van der Waals surface area (Å²) in [5, 5.41) is 0.719. The zero-order valence-corrected chi connectivity index (χ0v) is 10.8. The highest BCUT2D eigenvalue weighted by atomic mass is 16.4. The summed E-state index contributed by atoms with van der Waals surface area (Å²) in [6, 6.07) is 10.8. The Bertz CT molecular complexity index is 850. The first-order valence-electron chi connectivity index (χ1n) is 6.14. The molecule has 0 N–H and O–H groups in total. The Kier molecular flexibility index (Phi) is 2.91. The first kappa shape index (κ1) is 12.3. The lowest BCUT2D eigenvalue weighted by Crippen LogP contribution is -2.10. The molecule has 0 amide bonds. The molecule has 3 rings (SSSR count). The standard InChI is InChI=1S/C16H11NO3/c1-10(18)14-8-13-7-11(12-3-2-6-17-9-12)4-5-15(13)20-16(14)19/h2-9H,1H3. The van der Waals surface area contributed by atoms with Crippen molar-refractivity contribution in [3.05, 3.63) is 64.8 Å². The normalized spacial score (nSPS) is 10.7. The summed E-state index contributed by atoms with van der Waals surface area (Å²) >= 11 is 0. The van der Waals surface area contributed by atoms with Crippen LogP contribution in [0.25, 0.3) is 22.1 Å². The van der Waals surface area contributed by atoms with Gasteiger partial charge in [0, 0.05) is 23.3 Å². The molecule has 1 aromatic carbocycles. The van der Waals surface area contributed by atoms with Gasteiger partial charge in [-0.3, -0.25) is 9.78 Å². The van der Waals surface area contributed by atoms with Crippen LogP contribution in [0.2, 0.25) is 0 Å². The second-order valence-corrected chi connectivity index (χ2v) is 4.50. The van der Waals surface area contributed by atoms with Crippen molar-refractivity contribution >= 4 is 16.8 Å². The molecule has 0 saturated carbocycles. The largest absolute Gasteiger partial charge is 0.422 e. The van der Waals surface area contributed by atoms with E-state index in [2.05, 4.69) is 4.98 Å². The SMILES string of the molecule is CC(=O)c1cc2cc(-c3cccnc3)ccc2oc1=O. The second-order valence-electron chi connectivity index (χ2n) is 4.50. The topological polar surface area (TPSA) is 60.2 Å². The molecule has 4 nitrogen and oxygen atoms in total. The van der Waals surface area contributed by atoms with Crippen LogP contribution in [0.1, 0.15) is 17.3 Å². The Morgan fingerprint density at radius 3 is 2.70 bits per heavy atom. The Balaban J connectivity index is 2.23. The van der Waals surface area contributed by atoms with E-state index in [1.54, 1.807) is 24.5 Å². The number of nitrogens with zero attached hydrogens (tertiary/aromatic N) is 1. The molecule has 0 aliphatic rings. The minimum absolute atomic E-state index is 0.0702. The van der Waals surface area contributed by atoms with E-state index in [1.165, 1.54) is 6.92 Å². The van der Waals surface area contributed by atoms with Gasteiger partial charge in [0.2, 0.25) is 0 Å². The van der Waals surface area contributed by atoms with Crippen LogP contribution in [-0.2, 0) is 0 Å². The van der Waals surface area contributed by atoms with Crippen LogP contribution >= 0.6 is 0 Å². The minimum Gasteiger partial charge on any atom is -0.422 e. The minimum atomic E-state index is -0.598. The molecule has 3 aromatic rings. The summed E-state index contributed by atoms with van der Waals surface area (Å²) in [7, 11) is 0. The van der Waals surface area contributed by atoms with Gasteiger partial charge in [-0.05, 0) is 36.8 Å². The Morgan fingerprint density at radius 2 is 2.00 bits per heavy atom. The van der Waals surface area contributed by atoms with Crippen molar-refractivity contribution in [2.45, 2.75) is 6.92 Å². The Labute approximate surface area is 114 Å². The van der Waals surface area contributed by atoms with Gasteiger partial charge in [-0.2, -0.15) is 0 Å². The van der Waals surface area contributed by atoms with E-state index in [0.717, 1.165) is 16.5 Å². The fourth-order valence-corrected chi connectivity index (χ4v) is 2.08. The lowest BCUT2D eigenvalue weighted by molar-refractivity contribution is 0.101. The first-order chi connectivity index (χ1) is 9.65. The number of carbonyl (C=O) groups excluding carboxylic acids is 1. The highest BCUT2D eigenvalue weighted by Crippen LogP contribution is 2.23. The molecule has 20 heavy (non-hydrogen) atoms. The van der Waals surface area contributed by atoms with Crippen LogP contribution in [0.15, 0.2) is 58.0 Å². The van der Waals surface area contributed by atoms with Gasteiger partial charge in [0.1, 0.15) is 11.1 Å². The molecule has 0 aliphatic heterocycles. The number of Topliss-reactive ketones (excluding diaryl/α,β-unsaturated/α-hetero) is 1. The first-order valence-corrected chi connectivity index (χ1v) is 6.14. The summed E-state index contributed by atoms with van der Waals surface area (Å²) in [6.07, 6.45) is 3.46. The van der Waals surface area contributed by atoms with E-state index in [4.69, 9.17) is 4.42 Å². The molecule has 98 valence electrons. The van der Waals surface area contributed by atoms with Gasteiger partial charge < -0.3 is 4.42 Å². The van der Waals surface area contributed by atoms with E-state index < -0.39 is 5.63 Å². The van der Waals surface area contributed by atoms with Gasteiger partial charge >= 0.3 is 5.63 Å². The maximum atomic E-state index is 11.6. The lowest BCUT2D eigenvalue weighted by Gasteiger charge is -2.03. The van der Waals surface area contributed by atoms with Crippen molar-refractivity contribution in [1.29, 1.82) is 0 Å². The molecule has 2 heterocycles. The number of benzene rings is 1. The van der Waals surface area contributed by atoms with Gasteiger partial charge in [-0.25, -0.2) is 4.79 Å². The van der Waals surface area contributed by atoms with Crippen molar-refractivity contribution in [2.24, 2.45) is 0 Å². The zero-order valence-electron chi connectivity index (χ0n) is 10.8. The summed E-state index contributed by atoms with van der Waals surface area (Å²) in [6.45, 7) is 1.35. The van der Waals surface area contributed by atoms with Crippen LogP contribution in [0.3, 0.4) is 0 Å². The molecule has 0 aliphatic carbocycles. The monoisotopic (exact) mass is 265 g/mol. The maximum Gasteiger partial charge on any atom is 0.347 e. The lowest BCUT2D eigenvalue weighted by atomic mass is 10.0. The Morgan fingerprint density at radius 1 is 1.15 bits per heavy atom. The average Bonchev–Trinajstić information content (AvgIpc) is 2.47. The molecule has 0 atom stereocenters. The van der Waals surface area contributed by atoms with Crippen LogP contribution in [0.4, 0.5) is 0 Å². The van der Waals surface area contributed by atoms with Gasteiger partial charge in [-0.1, -0.05) is 12.1 Å². The number of pyridine rings is 1. The van der Waals surface area contributed by atoms with Crippen LogP contribution < -0.4 is 5.63 Å². The summed E-state index contributed by atoms with van der Waals surface area (Å²) < 4.78 is 5.15. The van der Waals surface area contributed by atoms with Crippen LogP contribution in [0, 0.1) is 0 Å². The molecular formula is C16H11NO3. The highest BCUT2D eigenvalue weighted by Gasteiger charge is 2.10. The van der Waals surface area contributed by atoms with Gasteiger partial charge in [0.15, 0.2) is 5.78 Å². The van der Waals surface area contributed by atoms with E-state index in [0.29, 0.717) is 5.58 Å². The molecule has 0 unspecified atom stereocenters. The quantitative estimate of drug-likeness (QED) is 0.527. The zero-order chi connectivity index (χ0) is 14.1.